The highest BCUT2D eigenvalue weighted by atomic mass is 16.2. The van der Waals surface area contributed by atoms with Crippen molar-refractivity contribution in [2.24, 2.45) is 0 Å². The van der Waals surface area contributed by atoms with Crippen LogP contribution in [0.4, 0.5) is 5.82 Å². The van der Waals surface area contributed by atoms with Gasteiger partial charge < -0.3 is 15.3 Å². The van der Waals surface area contributed by atoms with Crippen LogP contribution in [-0.2, 0) is 0 Å². The minimum absolute atomic E-state index is 0.180. The first-order valence-corrected chi connectivity index (χ1v) is 6.28. The molecular formula is C13H18N4O. The number of nitrogens with zero attached hydrogens (tertiary/aromatic N) is 3. The zero-order valence-electron chi connectivity index (χ0n) is 10.4. The minimum Gasteiger partial charge on any atom is -0.396 e. The Balaban J connectivity index is 2.10. The van der Waals surface area contributed by atoms with Crippen LogP contribution in [0.3, 0.4) is 0 Å². The summed E-state index contributed by atoms with van der Waals surface area (Å²) in [5.41, 5.74) is 0.734. The minimum atomic E-state index is 0.180. The van der Waals surface area contributed by atoms with E-state index >= 15 is 0 Å². The van der Waals surface area contributed by atoms with Gasteiger partial charge in [0.05, 0.1) is 0 Å². The van der Waals surface area contributed by atoms with Gasteiger partial charge in [-0.25, -0.2) is 9.97 Å². The van der Waals surface area contributed by atoms with Crippen molar-refractivity contribution in [2.75, 3.05) is 37.7 Å². The molecule has 1 aromatic rings. The topological polar surface area (TPSA) is 61.3 Å². The van der Waals surface area contributed by atoms with Gasteiger partial charge in [0.2, 0.25) is 0 Å². The van der Waals surface area contributed by atoms with Crippen molar-refractivity contribution < 1.29 is 5.11 Å². The van der Waals surface area contributed by atoms with Crippen molar-refractivity contribution in [1.29, 1.82) is 0 Å². The second-order valence-electron chi connectivity index (χ2n) is 4.09. The predicted octanol–water partition coefficient (Wildman–Crippen LogP) is 0.0102. The Morgan fingerprint density at radius 1 is 1.28 bits per heavy atom. The van der Waals surface area contributed by atoms with E-state index in [1.165, 1.54) is 0 Å². The summed E-state index contributed by atoms with van der Waals surface area (Å²) >= 11 is 0. The first-order valence-electron chi connectivity index (χ1n) is 6.28. The standard InChI is InChI=1S/C13H18N4O/c18-11-3-1-2-4-12-13(16-6-5-15-12)17-9-7-14-8-10-17/h5-6,14,18H,1,3,7-11H2. The summed E-state index contributed by atoms with van der Waals surface area (Å²) in [4.78, 5) is 10.9. The molecule has 0 aliphatic carbocycles. The Morgan fingerprint density at radius 3 is 2.83 bits per heavy atom. The van der Waals surface area contributed by atoms with Gasteiger partial charge in [-0.3, -0.25) is 0 Å². The molecule has 1 fully saturated rings. The van der Waals surface area contributed by atoms with Crippen molar-refractivity contribution in [3.63, 3.8) is 0 Å². The predicted molar refractivity (Wildman–Crippen MR) is 70.3 cm³/mol. The monoisotopic (exact) mass is 246 g/mol. The normalized spacial score (nSPS) is 15.1. The molecule has 1 aromatic heterocycles. The van der Waals surface area contributed by atoms with Crippen LogP contribution >= 0.6 is 0 Å². The number of nitrogens with one attached hydrogen (secondary N) is 1. The number of anilines is 1. The Kier molecular flexibility index (Phi) is 4.94. The van der Waals surface area contributed by atoms with Crippen LogP contribution in [0.15, 0.2) is 12.4 Å². The molecule has 0 radical (unpaired) electrons. The molecule has 0 aromatic carbocycles. The lowest BCUT2D eigenvalue weighted by Gasteiger charge is -2.28. The molecule has 0 atom stereocenters. The van der Waals surface area contributed by atoms with Crippen LogP contribution in [0.5, 0.6) is 0 Å². The van der Waals surface area contributed by atoms with E-state index in [9.17, 15) is 0 Å². The molecule has 0 saturated carbocycles. The van der Waals surface area contributed by atoms with E-state index < -0.39 is 0 Å². The Bertz CT molecular complexity index is 432. The SMILES string of the molecule is OCCCC#Cc1nccnc1N1CCNCC1. The summed E-state index contributed by atoms with van der Waals surface area (Å²) in [5.74, 6) is 6.95. The molecule has 0 amide bonds. The van der Waals surface area contributed by atoms with Crippen molar-refractivity contribution >= 4 is 5.82 Å². The number of hydrogen-bond donors (Lipinski definition) is 2. The average Bonchev–Trinajstić information content (AvgIpc) is 2.45. The van der Waals surface area contributed by atoms with Crippen molar-refractivity contribution in [3.05, 3.63) is 18.1 Å². The van der Waals surface area contributed by atoms with E-state index in [1.807, 2.05) is 0 Å². The number of rotatable bonds is 3. The van der Waals surface area contributed by atoms with Gasteiger partial charge in [-0.2, -0.15) is 0 Å². The van der Waals surface area contributed by atoms with Gasteiger partial charge in [-0.1, -0.05) is 5.92 Å². The van der Waals surface area contributed by atoms with Gasteiger partial charge in [-0.15, -0.1) is 0 Å². The van der Waals surface area contributed by atoms with Gasteiger partial charge in [-0.05, 0) is 12.3 Å². The Labute approximate surface area is 107 Å². The third-order valence-corrected chi connectivity index (χ3v) is 2.76. The molecule has 1 aliphatic rings. The lowest BCUT2D eigenvalue weighted by Crippen LogP contribution is -2.44. The molecule has 5 nitrogen and oxygen atoms in total. The highest BCUT2D eigenvalue weighted by Crippen LogP contribution is 2.14. The maximum absolute atomic E-state index is 8.71. The second-order valence-corrected chi connectivity index (χ2v) is 4.09. The number of piperazine rings is 1. The van der Waals surface area contributed by atoms with Gasteiger partial charge in [0, 0.05) is 51.6 Å². The lowest BCUT2D eigenvalue weighted by molar-refractivity contribution is 0.290. The fraction of sp³-hybridized carbons (Fsp3) is 0.538. The molecule has 2 N–H and O–H groups in total. The van der Waals surface area contributed by atoms with E-state index in [-0.39, 0.29) is 6.61 Å². The molecule has 18 heavy (non-hydrogen) atoms. The molecule has 2 rings (SSSR count). The molecule has 5 heteroatoms. The lowest BCUT2D eigenvalue weighted by atomic mass is 10.3. The van der Waals surface area contributed by atoms with E-state index in [2.05, 4.69) is 32.0 Å². The highest BCUT2D eigenvalue weighted by Gasteiger charge is 2.14. The van der Waals surface area contributed by atoms with Crippen LogP contribution in [-0.4, -0.2) is 47.9 Å². The number of hydrogen-bond acceptors (Lipinski definition) is 5. The zero-order valence-corrected chi connectivity index (χ0v) is 10.4. The first-order chi connectivity index (χ1) is 8.92. The number of aliphatic hydroxyl groups is 1. The summed E-state index contributed by atoms with van der Waals surface area (Å²) in [5, 5.41) is 12.0. The number of unbranched alkanes of at least 4 members (excludes halogenated alkanes) is 1. The largest absolute Gasteiger partial charge is 0.396 e. The molecule has 1 aliphatic heterocycles. The Morgan fingerprint density at radius 2 is 2.06 bits per heavy atom. The van der Waals surface area contributed by atoms with Gasteiger partial charge in [0.15, 0.2) is 11.5 Å². The maximum atomic E-state index is 8.71. The summed E-state index contributed by atoms with van der Waals surface area (Å²) < 4.78 is 0. The summed E-state index contributed by atoms with van der Waals surface area (Å²) in [6.45, 7) is 3.98. The highest BCUT2D eigenvalue weighted by molar-refractivity contribution is 5.51. The number of aromatic nitrogens is 2. The molecule has 0 unspecified atom stereocenters. The summed E-state index contributed by atoms with van der Waals surface area (Å²) in [6.07, 6.45) is 4.77. The molecule has 1 saturated heterocycles. The first kappa shape index (κ1) is 12.8. The van der Waals surface area contributed by atoms with Crippen molar-refractivity contribution in [3.8, 4) is 11.8 Å². The Hall–Kier alpha value is -1.64. The third-order valence-electron chi connectivity index (χ3n) is 2.76. The van der Waals surface area contributed by atoms with E-state index in [0.29, 0.717) is 12.8 Å². The molecule has 0 bridgehead atoms. The molecular weight excluding hydrogens is 228 g/mol. The van der Waals surface area contributed by atoms with Crippen LogP contribution in [0, 0.1) is 11.8 Å². The van der Waals surface area contributed by atoms with Crippen LogP contribution in [0.1, 0.15) is 18.5 Å². The zero-order chi connectivity index (χ0) is 12.6. The smallest absolute Gasteiger partial charge is 0.163 e. The maximum Gasteiger partial charge on any atom is 0.163 e. The van der Waals surface area contributed by atoms with E-state index in [0.717, 1.165) is 37.7 Å². The molecule has 2 heterocycles. The average molecular weight is 246 g/mol. The number of aliphatic hydroxyl groups excluding tert-OH is 1. The van der Waals surface area contributed by atoms with Gasteiger partial charge in [0.25, 0.3) is 0 Å². The fourth-order valence-electron chi connectivity index (χ4n) is 1.84. The third kappa shape index (κ3) is 3.42. The van der Waals surface area contributed by atoms with Crippen molar-refractivity contribution in [1.82, 2.24) is 15.3 Å². The summed E-state index contributed by atoms with van der Waals surface area (Å²) in [6, 6.07) is 0. The summed E-state index contributed by atoms with van der Waals surface area (Å²) in [7, 11) is 0. The second kappa shape index (κ2) is 6.94. The van der Waals surface area contributed by atoms with Crippen LogP contribution in [0.25, 0.3) is 0 Å². The quantitative estimate of drug-likeness (QED) is 0.581. The van der Waals surface area contributed by atoms with Gasteiger partial charge >= 0.3 is 0 Å². The molecule has 0 spiro atoms. The van der Waals surface area contributed by atoms with E-state index in [4.69, 9.17) is 5.11 Å². The van der Waals surface area contributed by atoms with E-state index in [1.54, 1.807) is 12.4 Å². The van der Waals surface area contributed by atoms with Crippen molar-refractivity contribution in [2.45, 2.75) is 12.8 Å². The molecule has 96 valence electrons. The fourth-order valence-corrected chi connectivity index (χ4v) is 1.84. The van der Waals surface area contributed by atoms with Crippen LogP contribution in [0.2, 0.25) is 0 Å². The van der Waals surface area contributed by atoms with Crippen LogP contribution < -0.4 is 10.2 Å². The van der Waals surface area contributed by atoms with Gasteiger partial charge in [0.1, 0.15) is 0 Å².